The van der Waals surface area contributed by atoms with E-state index in [1.807, 2.05) is 19.2 Å². The molecule has 24 heavy (non-hydrogen) atoms. The monoisotopic (exact) mass is 353 g/mol. The number of nitrogens with one attached hydrogen (secondary N) is 1. The number of aryl methyl sites for hydroxylation is 1. The Balaban J connectivity index is 1.93. The molecule has 0 aliphatic heterocycles. The first-order valence-electron chi connectivity index (χ1n) is 8.39. The molecule has 4 nitrogen and oxygen atoms in total. The average molecular weight is 353 g/mol. The Hall–Kier alpha value is -1.63. The Kier molecular flexibility index (Phi) is 4.80. The molecule has 0 aromatic carbocycles. The third-order valence-electron chi connectivity index (χ3n) is 4.73. The zero-order chi connectivity index (χ0) is 17.3. The topological polar surface area (TPSA) is 58.6 Å². The molecule has 1 fully saturated rings. The largest absolute Gasteiger partial charge is 0.274 e. The number of nitrogens with zero attached hydrogens (tertiary/aromatic N) is 2. The maximum atomic E-state index is 13.3. The van der Waals surface area contributed by atoms with Gasteiger partial charge in [0.2, 0.25) is 5.92 Å². The number of hydrogen-bond donors (Lipinski definition) is 1. The Morgan fingerprint density at radius 3 is 2.62 bits per heavy atom. The molecule has 1 aliphatic rings. The number of hydrogen-bond acceptors (Lipinski definition) is 4. The quantitative estimate of drug-likeness (QED) is 0.891. The second kappa shape index (κ2) is 6.70. The Bertz CT molecular complexity index is 774. The zero-order valence-electron chi connectivity index (χ0n) is 13.9. The standard InChI is InChI=1S/C17H21F2N3OS/c1-3-11-12(4-2)21-22-15(23)14(11)16-20-13(9-24-16)10-5-7-17(18,19)8-6-10/h9-10H,3-8H2,1-2H3,(H,22,23). The van der Waals surface area contributed by atoms with E-state index in [0.29, 0.717) is 29.8 Å². The minimum atomic E-state index is -2.54. The highest BCUT2D eigenvalue weighted by molar-refractivity contribution is 7.13. The average Bonchev–Trinajstić information content (AvgIpc) is 3.03. The van der Waals surface area contributed by atoms with Crippen LogP contribution in [0.25, 0.3) is 10.6 Å². The predicted octanol–water partition coefficient (Wildman–Crippen LogP) is 4.31. The fourth-order valence-electron chi connectivity index (χ4n) is 3.35. The first-order chi connectivity index (χ1) is 11.4. The minimum Gasteiger partial charge on any atom is -0.267 e. The number of rotatable bonds is 4. The van der Waals surface area contributed by atoms with Crippen LogP contribution in [0.1, 0.15) is 62.4 Å². The lowest BCUT2D eigenvalue weighted by molar-refractivity contribution is -0.0384. The SMILES string of the molecule is CCc1n[nH]c(=O)c(-c2nc(C3CCC(F)(F)CC3)cs2)c1CC. The molecular weight excluding hydrogens is 332 g/mol. The molecule has 1 aliphatic carbocycles. The van der Waals surface area contributed by atoms with Crippen LogP contribution in [0.3, 0.4) is 0 Å². The van der Waals surface area contributed by atoms with E-state index in [9.17, 15) is 13.6 Å². The maximum absolute atomic E-state index is 13.3. The summed E-state index contributed by atoms with van der Waals surface area (Å²) in [6.07, 6.45) is 2.18. The lowest BCUT2D eigenvalue weighted by atomic mass is 9.85. The van der Waals surface area contributed by atoms with E-state index in [4.69, 9.17) is 0 Å². The van der Waals surface area contributed by atoms with Crippen LogP contribution in [-0.2, 0) is 12.8 Å². The van der Waals surface area contributed by atoms with Crippen molar-refractivity contribution in [2.75, 3.05) is 0 Å². The maximum Gasteiger partial charge on any atom is 0.274 e. The van der Waals surface area contributed by atoms with Gasteiger partial charge in [0.25, 0.3) is 5.56 Å². The van der Waals surface area contributed by atoms with Gasteiger partial charge in [-0.25, -0.2) is 18.9 Å². The van der Waals surface area contributed by atoms with Gasteiger partial charge in [0, 0.05) is 24.1 Å². The Morgan fingerprint density at radius 2 is 2.00 bits per heavy atom. The van der Waals surface area contributed by atoms with Gasteiger partial charge in [0.05, 0.1) is 17.0 Å². The molecule has 130 valence electrons. The minimum absolute atomic E-state index is 0.0614. The van der Waals surface area contributed by atoms with Crippen LogP contribution in [0.5, 0.6) is 0 Å². The van der Waals surface area contributed by atoms with Crippen LogP contribution < -0.4 is 5.56 Å². The molecule has 2 heterocycles. The first kappa shape index (κ1) is 17.2. The predicted molar refractivity (Wildman–Crippen MR) is 90.9 cm³/mol. The third kappa shape index (κ3) is 3.27. The summed E-state index contributed by atoms with van der Waals surface area (Å²) in [4.78, 5) is 16.9. The molecule has 0 saturated heterocycles. The van der Waals surface area contributed by atoms with Gasteiger partial charge in [0.15, 0.2) is 0 Å². The van der Waals surface area contributed by atoms with Gasteiger partial charge in [-0.1, -0.05) is 13.8 Å². The van der Waals surface area contributed by atoms with E-state index >= 15 is 0 Å². The van der Waals surface area contributed by atoms with Crippen molar-refractivity contribution >= 4 is 11.3 Å². The fourth-order valence-corrected chi connectivity index (χ4v) is 4.32. The van der Waals surface area contributed by atoms with Crippen LogP contribution in [0.4, 0.5) is 8.78 Å². The van der Waals surface area contributed by atoms with Crippen molar-refractivity contribution in [3.05, 3.63) is 32.7 Å². The molecule has 0 unspecified atom stereocenters. The Morgan fingerprint density at radius 1 is 1.29 bits per heavy atom. The van der Waals surface area contributed by atoms with Crippen molar-refractivity contribution in [2.45, 2.75) is 64.2 Å². The van der Waals surface area contributed by atoms with Gasteiger partial charge in [-0.05, 0) is 31.2 Å². The lowest BCUT2D eigenvalue weighted by Gasteiger charge is -2.27. The summed E-state index contributed by atoms with van der Waals surface area (Å²) in [5.41, 5.74) is 2.99. The summed E-state index contributed by atoms with van der Waals surface area (Å²) in [5, 5.41) is 9.25. The van der Waals surface area contributed by atoms with Crippen LogP contribution in [0.2, 0.25) is 0 Å². The van der Waals surface area contributed by atoms with E-state index in [0.717, 1.165) is 23.4 Å². The first-order valence-corrected chi connectivity index (χ1v) is 9.27. The smallest absolute Gasteiger partial charge is 0.267 e. The van der Waals surface area contributed by atoms with Gasteiger partial charge in [0.1, 0.15) is 5.01 Å². The molecular formula is C17H21F2N3OS. The molecule has 2 aromatic rings. The van der Waals surface area contributed by atoms with Gasteiger partial charge in [-0.15, -0.1) is 11.3 Å². The van der Waals surface area contributed by atoms with E-state index in [1.54, 1.807) is 0 Å². The molecule has 1 saturated carbocycles. The van der Waals surface area contributed by atoms with Crippen LogP contribution >= 0.6 is 11.3 Å². The molecule has 0 amide bonds. The van der Waals surface area contributed by atoms with Crippen molar-refractivity contribution in [3.63, 3.8) is 0 Å². The molecule has 0 bridgehead atoms. The van der Waals surface area contributed by atoms with Crippen molar-refractivity contribution in [2.24, 2.45) is 0 Å². The summed E-state index contributed by atoms with van der Waals surface area (Å²) in [7, 11) is 0. The highest BCUT2D eigenvalue weighted by Crippen LogP contribution is 2.41. The summed E-state index contributed by atoms with van der Waals surface area (Å²) in [6, 6.07) is 0. The second-order valence-corrected chi connectivity index (χ2v) is 7.13. The lowest BCUT2D eigenvalue weighted by Crippen LogP contribution is -2.23. The number of thiazole rings is 1. The number of alkyl halides is 2. The highest BCUT2D eigenvalue weighted by Gasteiger charge is 2.36. The van der Waals surface area contributed by atoms with E-state index in [1.165, 1.54) is 11.3 Å². The van der Waals surface area contributed by atoms with E-state index in [2.05, 4.69) is 15.2 Å². The van der Waals surface area contributed by atoms with Crippen LogP contribution in [0.15, 0.2) is 10.2 Å². The normalized spacial score (nSPS) is 18.0. The summed E-state index contributed by atoms with van der Waals surface area (Å²) in [6.45, 7) is 4.00. The highest BCUT2D eigenvalue weighted by atomic mass is 32.1. The van der Waals surface area contributed by atoms with Gasteiger partial charge in [-0.2, -0.15) is 5.10 Å². The summed E-state index contributed by atoms with van der Waals surface area (Å²) < 4.78 is 26.7. The molecule has 7 heteroatoms. The van der Waals surface area contributed by atoms with Gasteiger partial charge >= 0.3 is 0 Å². The van der Waals surface area contributed by atoms with Crippen molar-refractivity contribution in [1.29, 1.82) is 0 Å². The molecule has 0 radical (unpaired) electrons. The zero-order valence-corrected chi connectivity index (χ0v) is 14.7. The fraction of sp³-hybridized carbons (Fsp3) is 0.588. The number of aromatic amines is 1. The van der Waals surface area contributed by atoms with E-state index in [-0.39, 0.29) is 24.3 Å². The van der Waals surface area contributed by atoms with E-state index < -0.39 is 5.92 Å². The van der Waals surface area contributed by atoms with Crippen LogP contribution in [-0.4, -0.2) is 21.1 Å². The van der Waals surface area contributed by atoms with Crippen LogP contribution in [0, 0.1) is 0 Å². The molecule has 0 spiro atoms. The van der Waals surface area contributed by atoms with Crippen molar-refractivity contribution in [1.82, 2.24) is 15.2 Å². The number of aromatic nitrogens is 3. The number of H-pyrrole nitrogens is 1. The number of halogens is 2. The molecule has 1 N–H and O–H groups in total. The molecule has 3 rings (SSSR count). The second-order valence-electron chi connectivity index (χ2n) is 6.27. The third-order valence-corrected chi connectivity index (χ3v) is 5.61. The van der Waals surface area contributed by atoms with Gasteiger partial charge in [-0.3, -0.25) is 4.79 Å². The van der Waals surface area contributed by atoms with Crippen molar-refractivity contribution < 1.29 is 8.78 Å². The van der Waals surface area contributed by atoms with Crippen molar-refractivity contribution in [3.8, 4) is 10.6 Å². The molecule has 0 atom stereocenters. The summed E-state index contributed by atoms with van der Waals surface area (Å²) in [5.74, 6) is -2.48. The van der Waals surface area contributed by atoms with Gasteiger partial charge < -0.3 is 0 Å². The summed E-state index contributed by atoms with van der Waals surface area (Å²) >= 11 is 1.41. The Labute approximate surface area is 143 Å². The molecule has 2 aromatic heterocycles.